The standard InChI is InChI=1S/C16H26O/c1-4-6-7-15(5-2)12-17-13-16-10-8-14(3)9-11-16/h8-11,15H,4-7,12-13H2,1-3H3. The Morgan fingerprint density at radius 2 is 1.82 bits per heavy atom. The summed E-state index contributed by atoms with van der Waals surface area (Å²) in [5.74, 6) is 0.736. The van der Waals surface area contributed by atoms with E-state index in [-0.39, 0.29) is 0 Å². The molecule has 1 nitrogen and oxygen atoms in total. The minimum Gasteiger partial charge on any atom is -0.376 e. The smallest absolute Gasteiger partial charge is 0.0717 e. The van der Waals surface area contributed by atoms with E-state index in [4.69, 9.17) is 4.74 Å². The van der Waals surface area contributed by atoms with E-state index in [1.165, 1.54) is 36.8 Å². The predicted molar refractivity (Wildman–Crippen MR) is 74.1 cm³/mol. The zero-order valence-electron chi connectivity index (χ0n) is 11.5. The average molecular weight is 234 g/mol. The highest BCUT2D eigenvalue weighted by Crippen LogP contribution is 2.14. The Morgan fingerprint density at radius 3 is 2.41 bits per heavy atom. The summed E-state index contributed by atoms with van der Waals surface area (Å²) in [5.41, 5.74) is 2.59. The molecule has 0 fully saturated rings. The highest BCUT2D eigenvalue weighted by molar-refractivity contribution is 5.20. The fourth-order valence-electron chi connectivity index (χ4n) is 1.93. The van der Waals surface area contributed by atoms with Crippen molar-refractivity contribution in [1.82, 2.24) is 0 Å². The summed E-state index contributed by atoms with van der Waals surface area (Å²) in [7, 11) is 0. The van der Waals surface area contributed by atoms with Crippen LogP contribution in [0, 0.1) is 12.8 Å². The van der Waals surface area contributed by atoms with E-state index in [0.29, 0.717) is 0 Å². The molecule has 0 saturated carbocycles. The van der Waals surface area contributed by atoms with Gasteiger partial charge in [0.25, 0.3) is 0 Å². The van der Waals surface area contributed by atoms with Crippen LogP contribution >= 0.6 is 0 Å². The van der Waals surface area contributed by atoms with Crippen LogP contribution in [0.25, 0.3) is 0 Å². The normalized spacial score (nSPS) is 12.6. The first-order valence-electron chi connectivity index (χ1n) is 6.89. The molecule has 0 aliphatic carbocycles. The van der Waals surface area contributed by atoms with E-state index in [9.17, 15) is 0 Å². The Bertz CT molecular complexity index is 289. The SMILES string of the molecule is CCCCC(CC)COCc1ccc(C)cc1. The summed E-state index contributed by atoms with van der Waals surface area (Å²) in [6.45, 7) is 8.28. The van der Waals surface area contributed by atoms with Gasteiger partial charge in [0, 0.05) is 6.61 Å². The summed E-state index contributed by atoms with van der Waals surface area (Å²) >= 11 is 0. The summed E-state index contributed by atoms with van der Waals surface area (Å²) in [6, 6.07) is 8.60. The molecule has 1 atom stereocenters. The highest BCUT2D eigenvalue weighted by Gasteiger charge is 2.05. The largest absolute Gasteiger partial charge is 0.376 e. The number of aryl methyl sites for hydroxylation is 1. The van der Waals surface area contributed by atoms with E-state index >= 15 is 0 Å². The number of hydrogen-bond acceptors (Lipinski definition) is 1. The number of hydrogen-bond donors (Lipinski definition) is 0. The molecule has 1 aromatic rings. The average Bonchev–Trinajstić information content (AvgIpc) is 2.36. The van der Waals surface area contributed by atoms with E-state index < -0.39 is 0 Å². The van der Waals surface area contributed by atoms with Gasteiger partial charge in [0.2, 0.25) is 0 Å². The molecule has 0 aliphatic rings. The molecular weight excluding hydrogens is 208 g/mol. The zero-order chi connectivity index (χ0) is 12.5. The van der Waals surface area contributed by atoms with Gasteiger partial charge in [0.1, 0.15) is 0 Å². The lowest BCUT2D eigenvalue weighted by molar-refractivity contribution is 0.0820. The van der Waals surface area contributed by atoms with Gasteiger partial charge in [0.15, 0.2) is 0 Å². The van der Waals surface area contributed by atoms with Gasteiger partial charge in [-0.15, -0.1) is 0 Å². The van der Waals surface area contributed by atoms with Crippen molar-refractivity contribution in [3.63, 3.8) is 0 Å². The lowest BCUT2D eigenvalue weighted by atomic mass is 10.0. The minimum atomic E-state index is 0.736. The van der Waals surface area contributed by atoms with E-state index in [1.807, 2.05) is 0 Å². The van der Waals surface area contributed by atoms with Crippen LogP contribution in [0.4, 0.5) is 0 Å². The molecule has 1 aromatic carbocycles. The van der Waals surface area contributed by atoms with Crippen molar-refractivity contribution in [3.05, 3.63) is 35.4 Å². The van der Waals surface area contributed by atoms with Crippen molar-refractivity contribution in [2.75, 3.05) is 6.61 Å². The molecule has 0 bridgehead atoms. The monoisotopic (exact) mass is 234 g/mol. The molecule has 0 N–H and O–H groups in total. The van der Waals surface area contributed by atoms with Crippen molar-refractivity contribution in [1.29, 1.82) is 0 Å². The molecule has 96 valence electrons. The van der Waals surface area contributed by atoms with Gasteiger partial charge in [0.05, 0.1) is 6.61 Å². The maximum absolute atomic E-state index is 5.81. The molecule has 0 saturated heterocycles. The van der Waals surface area contributed by atoms with Crippen LogP contribution in [0.2, 0.25) is 0 Å². The van der Waals surface area contributed by atoms with Crippen LogP contribution in [-0.4, -0.2) is 6.61 Å². The van der Waals surface area contributed by atoms with Crippen LogP contribution in [-0.2, 0) is 11.3 Å². The molecular formula is C16H26O. The fraction of sp³-hybridized carbons (Fsp3) is 0.625. The molecule has 1 unspecified atom stereocenters. The second-order valence-electron chi connectivity index (χ2n) is 4.92. The second kappa shape index (κ2) is 8.30. The first-order valence-corrected chi connectivity index (χ1v) is 6.89. The Kier molecular flexibility index (Phi) is 6.95. The van der Waals surface area contributed by atoms with E-state index in [1.54, 1.807) is 0 Å². The van der Waals surface area contributed by atoms with Gasteiger partial charge in [-0.2, -0.15) is 0 Å². The molecule has 1 heteroatoms. The first-order chi connectivity index (χ1) is 8.26. The second-order valence-corrected chi connectivity index (χ2v) is 4.92. The molecule has 0 spiro atoms. The molecule has 17 heavy (non-hydrogen) atoms. The third-order valence-corrected chi connectivity index (χ3v) is 3.29. The maximum Gasteiger partial charge on any atom is 0.0717 e. The quantitative estimate of drug-likeness (QED) is 0.632. The lowest BCUT2D eigenvalue weighted by Gasteiger charge is -2.14. The van der Waals surface area contributed by atoms with Crippen LogP contribution in [0.3, 0.4) is 0 Å². The van der Waals surface area contributed by atoms with Gasteiger partial charge in [-0.1, -0.05) is 62.9 Å². The maximum atomic E-state index is 5.81. The van der Waals surface area contributed by atoms with Gasteiger partial charge >= 0.3 is 0 Å². The van der Waals surface area contributed by atoms with Gasteiger partial charge in [-0.05, 0) is 24.8 Å². The Labute approximate surface area is 106 Å². The predicted octanol–water partition coefficient (Wildman–Crippen LogP) is 4.73. The third kappa shape index (κ3) is 5.88. The van der Waals surface area contributed by atoms with Crippen LogP contribution in [0.1, 0.15) is 50.7 Å². The molecule has 0 aromatic heterocycles. The molecule has 0 radical (unpaired) electrons. The van der Waals surface area contributed by atoms with Crippen molar-refractivity contribution in [2.24, 2.45) is 5.92 Å². The number of ether oxygens (including phenoxy) is 1. The van der Waals surface area contributed by atoms with Crippen molar-refractivity contribution in [2.45, 2.75) is 53.1 Å². The number of benzene rings is 1. The zero-order valence-corrected chi connectivity index (χ0v) is 11.5. The summed E-state index contributed by atoms with van der Waals surface area (Å²) in [4.78, 5) is 0. The van der Waals surface area contributed by atoms with Crippen molar-refractivity contribution >= 4 is 0 Å². The van der Waals surface area contributed by atoms with E-state index in [2.05, 4.69) is 45.0 Å². The molecule has 0 amide bonds. The van der Waals surface area contributed by atoms with E-state index in [0.717, 1.165) is 19.1 Å². The lowest BCUT2D eigenvalue weighted by Crippen LogP contribution is -2.08. The summed E-state index contributed by atoms with van der Waals surface area (Å²) < 4.78 is 5.81. The molecule has 0 heterocycles. The highest BCUT2D eigenvalue weighted by atomic mass is 16.5. The third-order valence-electron chi connectivity index (χ3n) is 3.29. The van der Waals surface area contributed by atoms with Gasteiger partial charge in [-0.25, -0.2) is 0 Å². The number of rotatable bonds is 8. The van der Waals surface area contributed by atoms with Crippen molar-refractivity contribution in [3.8, 4) is 0 Å². The van der Waals surface area contributed by atoms with Gasteiger partial charge in [-0.3, -0.25) is 0 Å². The van der Waals surface area contributed by atoms with Crippen molar-refractivity contribution < 1.29 is 4.74 Å². The summed E-state index contributed by atoms with van der Waals surface area (Å²) in [5, 5.41) is 0. The Hall–Kier alpha value is -0.820. The van der Waals surface area contributed by atoms with Gasteiger partial charge < -0.3 is 4.74 Å². The number of unbranched alkanes of at least 4 members (excludes halogenated alkanes) is 1. The molecule has 1 rings (SSSR count). The fourth-order valence-corrected chi connectivity index (χ4v) is 1.93. The first kappa shape index (κ1) is 14.2. The topological polar surface area (TPSA) is 9.23 Å². The Balaban J connectivity index is 2.23. The molecule has 0 aliphatic heterocycles. The summed E-state index contributed by atoms with van der Waals surface area (Å²) in [6.07, 6.45) is 5.15. The van der Waals surface area contributed by atoms with Crippen LogP contribution in [0.5, 0.6) is 0 Å². The minimum absolute atomic E-state index is 0.736. The van der Waals surface area contributed by atoms with Crippen LogP contribution < -0.4 is 0 Å². The van der Waals surface area contributed by atoms with Crippen LogP contribution in [0.15, 0.2) is 24.3 Å². The Morgan fingerprint density at radius 1 is 1.12 bits per heavy atom.